The summed E-state index contributed by atoms with van der Waals surface area (Å²) in [5.41, 5.74) is 0. The van der Waals surface area contributed by atoms with Crippen LogP contribution in [0.15, 0.2) is 0 Å². The molecule has 7 heteroatoms. The first-order chi connectivity index (χ1) is 7.56. The number of carbonyl (C=O) groups excluding carboxylic acids is 3. The van der Waals surface area contributed by atoms with Crippen LogP contribution in [0.5, 0.6) is 0 Å². The second kappa shape index (κ2) is 8.31. The van der Waals surface area contributed by atoms with E-state index >= 15 is 0 Å². The molecule has 1 N–H and O–H groups in total. The van der Waals surface area contributed by atoms with E-state index in [0.717, 1.165) is 0 Å². The Morgan fingerprint density at radius 1 is 1.12 bits per heavy atom. The van der Waals surface area contributed by atoms with Crippen molar-refractivity contribution in [1.29, 1.82) is 0 Å². The zero-order chi connectivity index (χ0) is 12.6. The molecule has 0 unspecified atom stereocenters. The van der Waals surface area contributed by atoms with Gasteiger partial charge in [-0.3, -0.25) is 4.79 Å². The Kier molecular flexibility index (Phi) is 7.86. The molecule has 0 fully saturated rings. The van der Waals surface area contributed by atoms with E-state index < -0.39 is 23.9 Å². The molecule has 6 nitrogen and oxygen atoms in total. The molecule has 1 amide bonds. The molecule has 16 heavy (non-hydrogen) atoms. The Labute approximate surface area is 107 Å². The maximum atomic E-state index is 11.4. The number of amides is 1. The molecule has 0 heterocycles. The second-order valence-corrected chi connectivity index (χ2v) is 3.40. The Morgan fingerprint density at radius 2 is 1.56 bits per heavy atom. The van der Waals surface area contributed by atoms with Gasteiger partial charge in [0.2, 0.25) is 11.9 Å². The highest BCUT2D eigenvalue weighted by molar-refractivity contribution is 14.1. The van der Waals surface area contributed by atoms with E-state index in [0.29, 0.717) is 0 Å². The first kappa shape index (κ1) is 15.1. The molecule has 0 bridgehead atoms. The molecule has 0 saturated heterocycles. The second-order valence-electron chi connectivity index (χ2n) is 2.64. The van der Waals surface area contributed by atoms with Gasteiger partial charge in [-0.15, -0.1) is 0 Å². The van der Waals surface area contributed by atoms with Crippen LogP contribution in [0.25, 0.3) is 0 Å². The lowest BCUT2D eigenvalue weighted by molar-refractivity contribution is -0.159. The molecule has 0 atom stereocenters. The number of esters is 2. The fourth-order valence-electron chi connectivity index (χ4n) is 0.865. The van der Waals surface area contributed by atoms with Gasteiger partial charge >= 0.3 is 11.9 Å². The van der Waals surface area contributed by atoms with E-state index in [4.69, 9.17) is 0 Å². The van der Waals surface area contributed by atoms with E-state index in [-0.39, 0.29) is 17.6 Å². The van der Waals surface area contributed by atoms with Crippen molar-refractivity contribution >= 4 is 40.4 Å². The van der Waals surface area contributed by atoms with E-state index in [1.165, 1.54) is 0 Å². The number of ether oxygens (including phenoxy) is 2. The Bertz CT molecular complexity index is 251. The largest absolute Gasteiger partial charge is 0.464 e. The fraction of sp³-hybridized carbons (Fsp3) is 0.667. The third kappa shape index (κ3) is 5.29. The summed E-state index contributed by atoms with van der Waals surface area (Å²) < 4.78 is 9.47. The smallest absolute Gasteiger partial charge is 0.340 e. The van der Waals surface area contributed by atoms with Crippen molar-refractivity contribution in [3.63, 3.8) is 0 Å². The molecule has 0 aliphatic rings. The zero-order valence-electron chi connectivity index (χ0n) is 9.12. The number of rotatable bonds is 6. The van der Waals surface area contributed by atoms with Gasteiger partial charge in [0.25, 0.3) is 0 Å². The predicted octanol–water partition coefficient (Wildman–Crippen LogP) is 0.0324. The normalized spacial score (nSPS) is 9.75. The van der Waals surface area contributed by atoms with Gasteiger partial charge < -0.3 is 14.8 Å². The number of carbonyl (C=O) groups is 3. The van der Waals surface area contributed by atoms with Crippen LogP contribution < -0.4 is 5.32 Å². The molecule has 0 aromatic carbocycles. The number of hydrogen-bond donors (Lipinski definition) is 1. The van der Waals surface area contributed by atoms with E-state index in [9.17, 15) is 14.4 Å². The van der Waals surface area contributed by atoms with Gasteiger partial charge in [0.1, 0.15) is 0 Å². The topological polar surface area (TPSA) is 81.7 Å². The summed E-state index contributed by atoms with van der Waals surface area (Å²) in [5.74, 6) is -2.04. The molecule has 0 spiro atoms. The van der Waals surface area contributed by atoms with Crippen LogP contribution in [0.1, 0.15) is 13.8 Å². The van der Waals surface area contributed by atoms with Crippen molar-refractivity contribution in [2.75, 3.05) is 17.6 Å². The average molecular weight is 343 g/mol. The van der Waals surface area contributed by atoms with Crippen LogP contribution in [-0.4, -0.2) is 41.5 Å². The van der Waals surface area contributed by atoms with Gasteiger partial charge in [0.05, 0.1) is 17.6 Å². The fourth-order valence-corrected chi connectivity index (χ4v) is 1.09. The van der Waals surface area contributed by atoms with Gasteiger partial charge in [-0.05, 0) is 13.8 Å². The molecule has 92 valence electrons. The Balaban J connectivity index is 4.55. The summed E-state index contributed by atoms with van der Waals surface area (Å²) in [6.07, 6.45) is 0. The van der Waals surface area contributed by atoms with Gasteiger partial charge in [-0.25, -0.2) is 9.59 Å². The summed E-state index contributed by atoms with van der Waals surface area (Å²) in [6, 6.07) is -1.37. The van der Waals surface area contributed by atoms with Gasteiger partial charge in [-0.2, -0.15) is 0 Å². The minimum atomic E-state index is -1.37. The number of nitrogens with one attached hydrogen (secondary N) is 1. The van der Waals surface area contributed by atoms with Crippen molar-refractivity contribution < 1.29 is 23.9 Å². The number of alkyl halides is 1. The predicted molar refractivity (Wildman–Crippen MR) is 64.1 cm³/mol. The van der Waals surface area contributed by atoms with Crippen LogP contribution in [0.3, 0.4) is 0 Å². The molecule has 0 saturated carbocycles. The Morgan fingerprint density at radius 3 is 1.88 bits per heavy atom. The maximum Gasteiger partial charge on any atom is 0.340 e. The summed E-state index contributed by atoms with van der Waals surface area (Å²) >= 11 is 1.82. The lowest BCUT2D eigenvalue weighted by Crippen LogP contribution is -2.48. The number of halogens is 1. The van der Waals surface area contributed by atoms with E-state index in [1.54, 1.807) is 13.8 Å². The third-order valence-electron chi connectivity index (χ3n) is 1.47. The first-order valence-corrected chi connectivity index (χ1v) is 6.27. The van der Waals surface area contributed by atoms with Crippen molar-refractivity contribution in [3.8, 4) is 0 Å². The summed E-state index contributed by atoms with van der Waals surface area (Å²) in [4.78, 5) is 33.8. The van der Waals surface area contributed by atoms with Crippen molar-refractivity contribution in [2.24, 2.45) is 0 Å². The van der Waals surface area contributed by atoms with Crippen LogP contribution in [0.4, 0.5) is 0 Å². The molecule has 0 aliphatic heterocycles. The average Bonchev–Trinajstić information content (AvgIpc) is 2.25. The lowest BCUT2D eigenvalue weighted by atomic mass is 10.3. The summed E-state index contributed by atoms with van der Waals surface area (Å²) in [5, 5.41) is 2.24. The van der Waals surface area contributed by atoms with Crippen LogP contribution in [0.2, 0.25) is 0 Å². The molecule has 0 aliphatic carbocycles. The summed E-state index contributed by atoms with van der Waals surface area (Å²) in [7, 11) is 0. The van der Waals surface area contributed by atoms with Crippen LogP contribution >= 0.6 is 22.6 Å². The highest BCUT2D eigenvalue weighted by atomic mass is 127. The molecule has 0 radical (unpaired) electrons. The first-order valence-electron chi connectivity index (χ1n) is 4.75. The molecular weight excluding hydrogens is 329 g/mol. The zero-order valence-corrected chi connectivity index (χ0v) is 11.3. The minimum Gasteiger partial charge on any atom is -0.464 e. The quantitative estimate of drug-likeness (QED) is 0.319. The minimum absolute atomic E-state index is 0.134. The molecule has 0 rings (SSSR count). The highest BCUT2D eigenvalue weighted by Gasteiger charge is 2.30. The molecule has 0 aromatic heterocycles. The van der Waals surface area contributed by atoms with Crippen molar-refractivity contribution in [2.45, 2.75) is 19.9 Å². The Hall–Kier alpha value is -0.860. The van der Waals surface area contributed by atoms with Crippen molar-refractivity contribution in [3.05, 3.63) is 0 Å². The molecular formula is C9H14INO5. The third-order valence-corrected chi connectivity index (χ3v) is 2.16. The van der Waals surface area contributed by atoms with Gasteiger partial charge in [-0.1, -0.05) is 22.6 Å². The maximum absolute atomic E-state index is 11.4. The molecule has 0 aromatic rings. The standard InChI is InChI=1S/C9H14INO5/c1-3-15-8(13)7(9(14)16-4-2)11-6(12)5-10/h7H,3-5H2,1-2H3,(H,11,12). The van der Waals surface area contributed by atoms with Crippen molar-refractivity contribution in [1.82, 2.24) is 5.32 Å². The lowest BCUT2D eigenvalue weighted by Gasteiger charge is -2.14. The van der Waals surface area contributed by atoms with Gasteiger partial charge in [0.15, 0.2) is 0 Å². The van der Waals surface area contributed by atoms with E-state index in [1.807, 2.05) is 22.6 Å². The summed E-state index contributed by atoms with van der Waals surface area (Å²) in [6.45, 7) is 3.49. The van der Waals surface area contributed by atoms with Crippen LogP contribution in [-0.2, 0) is 23.9 Å². The van der Waals surface area contributed by atoms with E-state index in [2.05, 4.69) is 14.8 Å². The highest BCUT2D eigenvalue weighted by Crippen LogP contribution is 1.95. The monoisotopic (exact) mass is 343 g/mol. The number of hydrogen-bond acceptors (Lipinski definition) is 5. The SMILES string of the molecule is CCOC(=O)C(NC(=O)CI)C(=O)OCC. The van der Waals surface area contributed by atoms with Gasteiger partial charge in [0, 0.05) is 0 Å². The van der Waals surface area contributed by atoms with Crippen LogP contribution in [0, 0.1) is 0 Å².